The first-order chi connectivity index (χ1) is 16.9. The molecule has 2 rings (SSSR count). The zero-order valence-corrected chi connectivity index (χ0v) is 23.3. The Morgan fingerprint density at radius 3 is 2.33 bits per heavy atom. The lowest BCUT2D eigenvalue weighted by atomic mass is 10.1. The average Bonchev–Trinajstić information content (AvgIpc) is 2.82. The van der Waals surface area contributed by atoms with Crippen molar-refractivity contribution in [3.63, 3.8) is 0 Å². The van der Waals surface area contributed by atoms with E-state index in [2.05, 4.69) is 5.32 Å². The third-order valence-corrected chi connectivity index (χ3v) is 7.44. The van der Waals surface area contributed by atoms with Gasteiger partial charge in [-0.1, -0.05) is 49.7 Å². The SMILES string of the molecule is CC[C@@H](C)NC(=O)[C@H](CC)N(Cc1ccccc1C)C(=O)CN(c1cc(Cl)ccc1OC)S(C)(=O)=O. The highest BCUT2D eigenvalue weighted by Gasteiger charge is 2.33. The maximum atomic E-state index is 13.8. The monoisotopic (exact) mass is 537 g/mol. The molecule has 0 aliphatic heterocycles. The first-order valence-electron chi connectivity index (χ1n) is 11.9. The van der Waals surface area contributed by atoms with Crippen LogP contribution >= 0.6 is 11.6 Å². The fourth-order valence-electron chi connectivity index (χ4n) is 3.78. The Morgan fingerprint density at radius 2 is 1.78 bits per heavy atom. The Balaban J connectivity index is 2.53. The van der Waals surface area contributed by atoms with Crippen LogP contribution in [0.15, 0.2) is 42.5 Å². The molecule has 8 nitrogen and oxygen atoms in total. The van der Waals surface area contributed by atoms with Gasteiger partial charge in [-0.3, -0.25) is 13.9 Å². The standard InChI is InChI=1S/C26H36ClN3O5S/c1-7-19(4)28-26(32)22(8-2)29(16-20-12-10-9-11-18(20)3)25(31)17-30(36(6,33)34)23-15-21(27)13-14-24(23)35-5/h9-15,19,22H,7-8,16-17H2,1-6H3,(H,28,32)/t19-,22+/m1/s1. The van der Waals surface area contributed by atoms with E-state index in [1.165, 1.54) is 18.1 Å². The molecule has 10 heteroatoms. The van der Waals surface area contributed by atoms with Crippen LogP contribution in [0.5, 0.6) is 5.75 Å². The van der Waals surface area contributed by atoms with Gasteiger partial charge in [-0.2, -0.15) is 0 Å². The fourth-order valence-corrected chi connectivity index (χ4v) is 4.80. The van der Waals surface area contributed by atoms with E-state index >= 15 is 0 Å². The maximum Gasteiger partial charge on any atom is 0.244 e. The minimum Gasteiger partial charge on any atom is -0.495 e. The predicted octanol–water partition coefficient (Wildman–Crippen LogP) is 4.15. The Labute approximate surface area is 219 Å². The molecule has 0 radical (unpaired) electrons. The molecule has 0 aliphatic carbocycles. The van der Waals surface area contributed by atoms with Crippen LogP contribution in [0.3, 0.4) is 0 Å². The molecule has 0 fully saturated rings. The lowest BCUT2D eigenvalue weighted by Crippen LogP contribution is -2.53. The van der Waals surface area contributed by atoms with Gasteiger partial charge in [-0.05, 0) is 56.0 Å². The first kappa shape index (κ1) is 29.5. The number of hydrogen-bond donors (Lipinski definition) is 1. The van der Waals surface area contributed by atoms with Gasteiger partial charge in [0.25, 0.3) is 0 Å². The van der Waals surface area contributed by atoms with Gasteiger partial charge in [-0.15, -0.1) is 0 Å². The molecule has 0 unspecified atom stereocenters. The second-order valence-electron chi connectivity index (χ2n) is 8.78. The Morgan fingerprint density at radius 1 is 1.11 bits per heavy atom. The predicted molar refractivity (Wildman–Crippen MR) is 144 cm³/mol. The number of amides is 2. The number of anilines is 1. The average molecular weight is 538 g/mol. The zero-order chi connectivity index (χ0) is 27.0. The Bertz CT molecular complexity index is 1170. The number of aryl methyl sites for hydroxylation is 1. The van der Waals surface area contributed by atoms with Crippen molar-refractivity contribution in [2.45, 2.75) is 59.2 Å². The minimum absolute atomic E-state index is 0.0646. The van der Waals surface area contributed by atoms with Crippen molar-refractivity contribution in [3.8, 4) is 5.75 Å². The van der Waals surface area contributed by atoms with Gasteiger partial charge in [0.2, 0.25) is 21.8 Å². The third-order valence-electron chi connectivity index (χ3n) is 6.08. The summed E-state index contributed by atoms with van der Waals surface area (Å²) in [5, 5.41) is 3.25. The van der Waals surface area contributed by atoms with Crippen LogP contribution in [0.25, 0.3) is 0 Å². The van der Waals surface area contributed by atoms with Crippen LogP contribution in [-0.4, -0.2) is 57.1 Å². The molecule has 2 amide bonds. The van der Waals surface area contributed by atoms with Crippen molar-refractivity contribution in [1.29, 1.82) is 0 Å². The molecule has 0 aliphatic rings. The van der Waals surface area contributed by atoms with Gasteiger partial charge >= 0.3 is 0 Å². The summed E-state index contributed by atoms with van der Waals surface area (Å²) in [5.74, 6) is -0.540. The van der Waals surface area contributed by atoms with Crippen molar-refractivity contribution in [1.82, 2.24) is 10.2 Å². The third kappa shape index (κ3) is 7.61. The lowest BCUT2D eigenvalue weighted by molar-refractivity contribution is -0.140. The summed E-state index contributed by atoms with van der Waals surface area (Å²) in [7, 11) is -2.50. The van der Waals surface area contributed by atoms with Gasteiger partial charge in [0.1, 0.15) is 18.3 Å². The summed E-state index contributed by atoms with van der Waals surface area (Å²) < 4.78 is 31.9. The molecular formula is C26H36ClN3O5S. The number of carbonyl (C=O) groups is 2. The molecule has 2 aromatic rings. The van der Waals surface area contributed by atoms with Crippen LogP contribution in [0.2, 0.25) is 5.02 Å². The van der Waals surface area contributed by atoms with Crippen molar-refractivity contribution >= 4 is 39.1 Å². The van der Waals surface area contributed by atoms with E-state index in [0.717, 1.165) is 28.1 Å². The molecule has 0 saturated heterocycles. The van der Waals surface area contributed by atoms with Crippen LogP contribution in [0.4, 0.5) is 5.69 Å². The van der Waals surface area contributed by atoms with Crippen LogP contribution < -0.4 is 14.4 Å². The number of carbonyl (C=O) groups excluding carboxylic acids is 2. The smallest absolute Gasteiger partial charge is 0.244 e. The molecule has 0 saturated carbocycles. The number of halogens is 1. The number of sulfonamides is 1. The summed E-state index contributed by atoms with van der Waals surface area (Å²) >= 11 is 6.14. The zero-order valence-electron chi connectivity index (χ0n) is 21.7. The number of hydrogen-bond acceptors (Lipinski definition) is 5. The van der Waals surface area contributed by atoms with Crippen molar-refractivity contribution in [2.75, 3.05) is 24.2 Å². The van der Waals surface area contributed by atoms with E-state index < -0.39 is 28.5 Å². The van der Waals surface area contributed by atoms with Crippen molar-refractivity contribution < 1.29 is 22.7 Å². The molecule has 0 heterocycles. The maximum absolute atomic E-state index is 13.8. The Kier molecular flexibility index (Phi) is 10.6. The molecule has 36 heavy (non-hydrogen) atoms. The van der Waals surface area contributed by atoms with E-state index in [0.29, 0.717) is 11.4 Å². The summed E-state index contributed by atoms with van der Waals surface area (Å²) in [5.41, 5.74) is 1.98. The molecule has 0 spiro atoms. The largest absolute Gasteiger partial charge is 0.495 e. The second-order valence-corrected chi connectivity index (χ2v) is 11.1. The highest BCUT2D eigenvalue weighted by atomic mass is 35.5. The van der Waals surface area contributed by atoms with Gasteiger partial charge < -0.3 is 15.0 Å². The van der Waals surface area contributed by atoms with E-state index in [-0.39, 0.29) is 29.9 Å². The van der Waals surface area contributed by atoms with Crippen molar-refractivity contribution in [3.05, 3.63) is 58.6 Å². The lowest BCUT2D eigenvalue weighted by Gasteiger charge is -2.34. The van der Waals surface area contributed by atoms with Crippen LogP contribution in [-0.2, 0) is 26.2 Å². The van der Waals surface area contributed by atoms with Crippen LogP contribution in [0, 0.1) is 6.92 Å². The number of rotatable bonds is 12. The van der Waals surface area contributed by atoms with Gasteiger partial charge in [0.05, 0.1) is 19.1 Å². The van der Waals surface area contributed by atoms with Gasteiger partial charge in [-0.25, -0.2) is 8.42 Å². The molecule has 2 aromatic carbocycles. The Hall–Kier alpha value is -2.78. The van der Waals surface area contributed by atoms with Gasteiger partial charge in [0, 0.05) is 17.6 Å². The highest BCUT2D eigenvalue weighted by molar-refractivity contribution is 7.92. The van der Waals surface area contributed by atoms with Crippen molar-refractivity contribution in [2.24, 2.45) is 0 Å². The number of nitrogens with zero attached hydrogens (tertiary/aromatic N) is 2. The number of methoxy groups -OCH3 is 1. The second kappa shape index (κ2) is 13.0. The normalized spacial score (nSPS) is 13.0. The first-order valence-corrected chi connectivity index (χ1v) is 14.1. The molecule has 1 N–H and O–H groups in total. The molecule has 2 atom stereocenters. The van der Waals surface area contributed by atoms with E-state index in [1.54, 1.807) is 12.1 Å². The van der Waals surface area contributed by atoms with Crippen LogP contribution in [0.1, 0.15) is 44.7 Å². The topological polar surface area (TPSA) is 96.0 Å². The number of benzene rings is 2. The number of nitrogens with one attached hydrogen (secondary N) is 1. The summed E-state index contributed by atoms with van der Waals surface area (Å²) in [6.07, 6.45) is 2.11. The fraction of sp³-hybridized carbons (Fsp3) is 0.462. The quantitative estimate of drug-likeness (QED) is 0.439. The molecular weight excluding hydrogens is 502 g/mol. The van der Waals surface area contributed by atoms with E-state index in [4.69, 9.17) is 16.3 Å². The number of ether oxygens (including phenoxy) is 1. The molecule has 198 valence electrons. The minimum atomic E-state index is -3.91. The summed E-state index contributed by atoms with van der Waals surface area (Å²) in [6, 6.07) is 11.3. The molecule has 0 aromatic heterocycles. The molecule has 0 bridgehead atoms. The summed E-state index contributed by atoms with van der Waals surface area (Å²) in [6.45, 7) is 7.25. The van der Waals surface area contributed by atoms with Gasteiger partial charge in [0.15, 0.2) is 0 Å². The van der Waals surface area contributed by atoms with E-state index in [9.17, 15) is 18.0 Å². The van der Waals surface area contributed by atoms with E-state index in [1.807, 2.05) is 52.0 Å². The summed E-state index contributed by atoms with van der Waals surface area (Å²) in [4.78, 5) is 28.4. The highest BCUT2D eigenvalue weighted by Crippen LogP contribution is 2.33.